The predicted octanol–water partition coefficient (Wildman–Crippen LogP) is 11.1. The van der Waals surface area contributed by atoms with Crippen LogP contribution in [0.5, 0.6) is 17.2 Å². The van der Waals surface area contributed by atoms with Crippen molar-refractivity contribution in [1.82, 2.24) is 4.90 Å². The van der Waals surface area contributed by atoms with E-state index < -0.39 is 35.9 Å². The van der Waals surface area contributed by atoms with Gasteiger partial charge in [0, 0.05) is 44.1 Å². The third-order valence-electron chi connectivity index (χ3n) is 13.4. The highest BCUT2D eigenvalue weighted by Crippen LogP contribution is 2.62. The van der Waals surface area contributed by atoms with Gasteiger partial charge in [0.1, 0.15) is 29.1 Å². The average Bonchev–Trinajstić information content (AvgIpc) is 3.34. The van der Waals surface area contributed by atoms with Crippen LogP contribution in [0.25, 0.3) is 10.8 Å². The second-order valence-electron chi connectivity index (χ2n) is 17.7. The smallest absolute Gasteiger partial charge is 0.410 e. The summed E-state index contributed by atoms with van der Waals surface area (Å²) in [4.78, 5) is 22.6. The van der Waals surface area contributed by atoms with Crippen molar-refractivity contribution in [3.05, 3.63) is 139 Å². The summed E-state index contributed by atoms with van der Waals surface area (Å²) < 4.78 is 47.6. The number of hydrogen-bond acceptors (Lipinski definition) is 10. The van der Waals surface area contributed by atoms with E-state index in [2.05, 4.69) is 37.4 Å². The number of rotatable bonds is 21. The Morgan fingerprint density at radius 1 is 0.909 bits per heavy atom. The molecule has 7 unspecified atom stereocenters. The summed E-state index contributed by atoms with van der Waals surface area (Å²) in [6.45, 7) is 8.84. The molecule has 350 valence electrons. The predicted molar refractivity (Wildman–Crippen MR) is 252 cm³/mol. The molecule has 8 rings (SSSR count). The summed E-state index contributed by atoms with van der Waals surface area (Å²) in [6, 6.07) is 25.3. The minimum atomic E-state index is -1.53. The molecular weight excluding hydrogens is 840 g/mol. The first-order valence-corrected chi connectivity index (χ1v) is 23.7. The molecule has 4 aliphatic rings. The summed E-state index contributed by atoms with van der Waals surface area (Å²) in [5.74, 6) is -0.797. The van der Waals surface area contributed by atoms with Crippen LogP contribution in [0.2, 0.25) is 0 Å². The van der Waals surface area contributed by atoms with Crippen LogP contribution in [-0.2, 0) is 25.6 Å². The fraction of sp³-hybridized carbons (Fsp3) is 0.444. The first kappa shape index (κ1) is 47.0. The number of carbonyl (C=O) groups excluding carboxylic acids is 1. The van der Waals surface area contributed by atoms with Gasteiger partial charge in [0.25, 0.3) is 0 Å². The van der Waals surface area contributed by atoms with Gasteiger partial charge in [0.05, 0.1) is 31.5 Å². The van der Waals surface area contributed by atoms with E-state index in [1.807, 2.05) is 42.5 Å². The zero-order chi connectivity index (χ0) is 45.9. The van der Waals surface area contributed by atoms with Crippen LogP contribution in [0.3, 0.4) is 0 Å². The molecule has 2 aliphatic carbocycles. The molecule has 2 fully saturated rings. The Balaban J connectivity index is 1.33. The summed E-state index contributed by atoms with van der Waals surface area (Å²) in [5, 5.41) is 27.2. The van der Waals surface area contributed by atoms with E-state index >= 15 is 0 Å². The molecule has 4 aromatic rings. The minimum Gasteiger partial charge on any atom is -0.459 e. The number of unbranched alkanes of at least 4 members (excludes halogenated alkanes) is 2. The van der Waals surface area contributed by atoms with Crippen LogP contribution in [0.15, 0.2) is 127 Å². The number of benzene rings is 4. The maximum atomic E-state index is 14.7. The molecule has 0 radical (unpaired) electrons. The lowest BCUT2D eigenvalue weighted by Gasteiger charge is -2.60. The lowest BCUT2D eigenvalue weighted by atomic mass is 9.55. The molecule has 0 spiro atoms. The van der Waals surface area contributed by atoms with Crippen molar-refractivity contribution in [3.8, 4) is 17.2 Å². The molecule has 2 heterocycles. The number of fused-ring (bicyclic) bond motifs is 3. The van der Waals surface area contributed by atoms with Crippen molar-refractivity contribution in [2.75, 3.05) is 33.0 Å². The van der Waals surface area contributed by atoms with Crippen LogP contribution in [-0.4, -0.2) is 78.1 Å². The number of halogens is 1. The molecule has 2 aliphatic heterocycles. The summed E-state index contributed by atoms with van der Waals surface area (Å²) in [6.07, 6.45) is 12.2. The van der Waals surface area contributed by atoms with E-state index in [-0.39, 0.29) is 57.1 Å². The van der Waals surface area contributed by atoms with Gasteiger partial charge in [-0.3, -0.25) is 4.90 Å². The van der Waals surface area contributed by atoms with E-state index in [0.29, 0.717) is 60.8 Å². The highest BCUT2D eigenvalue weighted by atomic mass is 19.1. The molecule has 1 amide bonds. The van der Waals surface area contributed by atoms with Crippen molar-refractivity contribution in [3.63, 3.8) is 0 Å². The Bertz CT molecular complexity index is 2350. The molecule has 0 aromatic heterocycles. The molecule has 66 heavy (non-hydrogen) atoms. The Morgan fingerprint density at radius 2 is 1.68 bits per heavy atom. The molecule has 4 aromatic carbocycles. The van der Waals surface area contributed by atoms with Gasteiger partial charge >= 0.3 is 6.09 Å². The van der Waals surface area contributed by atoms with E-state index in [0.717, 1.165) is 60.4 Å². The number of oxime groups is 1. The van der Waals surface area contributed by atoms with Crippen molar-refractivity contribution < 1.29 is 47.9 Å². The maximum Gasteiger partial charge on any atom is 0.410 e. The number of amides is 1. The fourth-order valence-electron chi connectivity index (χ4n) is 10.4. The molecule has 1 saturated carbocycles. The monoisotopic (exact) mass is 902 g/mol. The van der Waals surface area contributed by atoms with Gasteiger partial charge in [-0.25, -0.2) is 9.18 Å². The van der Waals surface area contributed by atoms with Crippen molar-refractivity contribution in [2.24, 2.45) is 22.9 Å². The second-order valence-corrected chi connectivity index (χ2v) is 17.7. The van der Waals surface area contributed by atoms with Crippen LogP contribution in [0.1, 0.15) is 87.7 Å². The van der Waals surface area contributed by atoms with Gasteiger partial charge in [0.2, 0.25) is 12.1 Å². The SMILES string of the molecule is C=CCCOC(=O)N(Cc1ccc(F)cc1)C1CC(=NOC2CCCCO2)C2=CC(CCCCO)C(CCCCO)C3c4cc(Oc5ccc6ccccc6c5)ccc4OC1(OCC=C)C23. The normalized spacial score (nSPS) is 24.9. The lowest BCUT2D eigenvalue weighted by molar-refractivity contribution is -0.256. The molecule has 2 N–H and O–H groups in total. The largest absolute Gasteiger partial charge is 0.459 e. The molecular formula is C54H63FN2O9. The average molecular weight is 903 g/mol. The summed E-state index contributed by atoms with van der Waals surface area (Å²) in [7, 11) is 0. The number of allylic oxidation sites excluding steroid dienone is 1. The van der Waals surface area contributed by atoms with E-state index in [1.54, 1.807) is 29.2 Å². The van der Waals surface area contributed by atoms with Gasteiger partial charge in [-0.2, -0.15) is 0 Å². The minimum absolute atomic E-state index is 0.00181. The van der Waals surface area contributed by atoms with Crippen LogP contribution < -0.4 is 9.47 Å². The third kappa shape index (κ3) is 10.5. The topological polar surface area (TPSA) is 129 Å². The lowest BCUT2D eigenvalue weighted by Crippen LogP contribution is -2.70. The summed E-state index contributed by atoms with van der Waals surface area (Å²) in [5.41, 5.74) is 3.15. The second kappa shape index (κ2) is 22.3. The van der Waals surface area contributed by atoms with E-state index in [1.165, 1.54) is 12.1 Å². The van der Waals surface area contributed by atoms with Crippen LogP contribution >= 0.6 is 0 Å². The van der Waals surface area contributed by atoms with Gasteiger partial charge in [-0.15, -0.1) is 13.2 Å². The number of aliphatic hydroxyl groups is 2. The highest BCUT2D eigenvalue weighted by molar-refractivity contribution is 6.03. The zero-order valence-corrected chi connectivity index (χ0v) is 37.7. The number of hydrogen-bond donors (Lipinski definition) is 2. The first-order chi connectivity index (χ1) is 32.3. The van der Waals surface area contributed by atoms with Crippen molar-refractivity contribution in [1.29, 1.82) is 0 Å². The highest BCUT2D eigenvalue weighted by Gasteiger charge is 2.65. The van der Waals surface area contributed by atoms with E-state index in [9.17, 15) is 19.4 Å². The Morgan fingerprint density at radius 3 is 2.44 bits per heavy atom. The Kier molecular flexibility index (Phi) is 15.9. The van der Waals surface area contributed by atoms with Gasteiger partial charge in [-0.1, -0.05) is 78.7 Å². The third-order valence-corrected chi connectivity index (χ3v) is 13.4. The fourth-order valence-corrected chi connectivity index (χ4v) is 10.4. The Hall–Kier alpha value is -5.53. The molecule has 12 heteroatoms. The quantitative estimate of drug-likeness (QED) is 0.0477. The van der Waals surface area contributed by atoms with E-state index in [4.69, 9.17) is 33.7 Å². The van der Waals surface area contributed by atoms with Crippen LogP contribution in [0, 0.1) is 23.6 Å². The molecule has 11 nitrogen and oxygen atoms in total. The zero-order valence-electron chi connectivity index (χ0n) is 37.7. The number of nitrogens with zero attached hydrogens (tertiary/aromatic N) is 2. The Labute approximate surface area is 387 Å². The standard InChI is InChI=1S/C54H63FN2O9/c1-3-5-30-62-53(60)57(36-37-19-22-41(55)23-20-37)49-35-47(56-66-50-18-10-13-31-61-50)45-33-40(16-8-11-27-58)44(17-9-12-28-59)51-46-34-43(64-42-24-21-38-14-6-7-15-39(38)32-42)25-26-48(46)65-54(49,52(45)51)63-29-4-2/h3-4,6-7,14-15,19-26,32-34,40,44,49-52,58-59H,1-2,5,8-13,16-18,27-31,35-36H2. The molecule has 1 saturated heterocycles. The van der Waals surface area contributed by atoms with Gasteiger partial charge in [0.15, 0.2) is 0 Å². The summed E-state index contributed by atoms with van der Waals surface area (Å²) >= 11 is 0. The van der Waals surface area contributed by atoms with Crippen molar-refractivity contribution >= 4 is 22.6 Å². The first-order valence-electron chi connectivity index (χ1n) is 23.7. The van der Waals surface area contributed by atoms with Gasteiger partial charge < -0.3 is 38.7 Å². The van der Waals surface area contributed by atoms with Gasteiger partial charge in [-0.05, 0) is 121 Å². The number of aliphatic hydroxyl groups excluding tert-OH is 2. The van der Waals surface area contributed by atoms with Crippen LogP contribution in [0.4, 0.5) is 9.18 Å². The maximum absolute atomic E-state index is 14.7. The number of carbonyl (C=O) groups is 1. The van der Waals surface area contributed by atoms with Crippen molar-refractivity contribution in [2.45, 2.75) is 101 Å². The molecule has 7 atom stereocenters. The molecule has 0 bridgehead atoms. The number of ether oxygens (including phenoxy) is 5.